The molecule has 6 nitrogen and oxygen atoms in total. The third-order valence-corrected chi connectivity index (χ3v) is 5.96. The number of halogens is 1. The molecule has 26 heavy (non-hydrogen) atoms. The van der Waals surface area contributed by atoms with Crippen LogP contribution in [0.15, 0.2) is 39.6 Å². The van der Waals surface area contributed by atoms with Gasteiger partial charge in [-0.25, -0.2) is 9.38 Å². The molecule has 0 saturated carbocycles. The van der Waals surface area contributed by atoms with Crippen molar-refractivity contribution in [2.45, 2.75) is 13.8 Å². The zero-order chi connectivity index (χ0) is 18.6. The van der Waals surface area contributed by atoms with Crippen LogP contribution >= 0.6 is 27.3 Å². The Morgan fingerprint density at radius 1 is 1.23 bits per heavy atom. The number of hydrogen-bond donors (Lipinski definition) is 0. The normalized spacial score (nSPS) is 12.3. The molecule has 0 atom stereocenters. The van der Waals surface area contributed by atoms with E-state index in [2.05, 4.69) is 20.9 Å². The molecule has 0 unspecified atom stereocenters. The fourth-order valence-electron chi connectivity index (χ4n) is 2.83. The van der Waals surface area contributed by atoms with Crippen LogP contribution in [0.25, 0.3) is 22.1 Å². The molecule has 4 rings (SSSR count). The van der Waals surface area contributed by atoms with Crippen molar-refractivity contribution >= 4 is 55.0 Å². The molecule has 4 aromatic rings. The summed E-state index contributed by atoms with van der Waals surface area (Å²) < 4.78 is 2.50. The quantitative estimate of drug-likeness (QED) is 0.359. The molecule has 0 radical (unpaired) electrons. The van der Waals surface area contributed by atoms with E-state index in [1.807, 2.05) is 26.0 Å². The summed E-state index contributed by atoms with van der Waals surface area (Å²) in [5, 5.41) is 11.1. The maximum atomic E-state index is 12.8. The molecule has 130 valence electrons. The topological polar surface area (TPSA) is 77.5 Å². The van der Waals surface area contributed by atoms with Gasteiger partial charge < -0.3 is 0 Å². The molecule has 0 aliphatic carbocycles. The van der Waals surface area contributed by atoms with Crippen LogP contribution in [0.1, 0.15) is 16.7 Å². The minimum absolute atomic E-state index is 0.0379. The minimum atomic E-state index is -0.459. The van der Waals surface area contributed by atoms with Crippen molar-refractivity contribution in [1.29, 1.82) is 0 Å². The van der Waals surface area contributed by atoms with Crippen LogP contribution in [0.4, 0.5) is 5.69 Å². The van der Waals surface area contributed by atoms with Gasteiger partial charge in [0.15, 0.2) is 4.96 Å². The van der Waals surface area contributed by atoms with Gasteiger partial charge >= 0.3 is 0 Å². The number of hydrogen-bond acceptors (Lipinski definition) is 5. The number of thiazole rings is 1. The number of aromatic nitrogens is 2. The number of rotatable bonds is 2. The Hall–Kier alpha value is -2.58. The molecule has 2 heterocycles. The predicted molar refractivity (Wildman–Crippen MR) is 106 cm³/mol. The molecule has 0 fully saturated rings. The van der Waals surface area contributed by atoms with Crippen LogP contribution in [0.2, 0.25) is 0 Å². The Labute approximate surface area is 159 Å². The average molecular weight is 430 g/mol. The number of fused-ring (bicyclic) bond motifs is 3. The minimum Gasteiger partial charge on any atom is -0.267 e. The highest BCUT2D eigenvalue weighted by Crippen LogP contribution is 2.26. The lowest BCUT2D eigenvalue weighted by molar-refractivity contribution is -0.385. The maximum absolute atomic E-state index is 12.8. The molecule has 0 saturated heterocycles. The monoisotopic (exact) mass is 429 g/mol. The number of imidazole rings is 1. The summed E-state index contributed by atoms with van der Waals surface area (Å²) >= 11 is 4.44. The summed E-state index contributed by atoms with van der Waals surface area (Å²) in [4.78, 5) is 28.6. The summed E-state index contributed by atoms with van der Waals surface area (Å²) in [6.45, 7) is 4.01. The molecular weight excluding hydrogens is 418 g/mol. The fourth-order valence-corrected chi connectivity index (χ4v) is 4.21. The Morgan fingerprint density at radius 3 is 2.69 bits per heavy atom. The van der Waals surface area contributed by atoms with Crippen LogP contribution in [0.5, 0.6) is 0 Å². The fraction of sp³-hybridized carbons (Fsp3) is 0.111. The van der Waals surface area contributed by atoms with Crippen molar-refractivity contribution in [3.8, 4) is 0 Å². The summed E-state index contributed by atoms with van der Waals surface area (Å²) in [5.41, 5.74) is 4.19. The molecule has 0 amide bonds. The molecule has 0 aliphatic heterocycles. The van der Waals surface area contributed by atoms with Gasteiger partial charge in [0.1, 0.15) is 0 Å². The lowest BCUT2D eigenvalue weighted by atomic mass is 10.1. The second-order valence-electron chi connectivity index (χ2n) is 6.04. The molecule has 0 bridgehead atoms. The number of nitrogens with zero attached hydrogens (tertiary/aromatic N) is 3. The second-order valence-corrected chi connectivity index (χ2v) is 7.90. The van der Waals surface area contributed by atoms with Crippen molar-refractivity contribution in [3.63, 3.8) is 0 Å². The first-order valence-corrected chi connectivity index (χ1v) is 9.34. The van der Waals surface area contributed by atoms with Crippen LogP contribution < -0.4 is 10.1 Å². The van der Waals surface area contributed by atoms with Crippen molar-refractivity contribution in [2.24, 2.45) is 0 Å². The second kappa shape index (κ2) is 6.00. The van der Waals surface area contributed by atoms with E-state index in [4.69, 9.17) is 0 Å². The summed E-state index contributed by atoms with van der Waals surface area (Å²) in [5.74, 6) is 0. The molecule has 0 N–H and O–H groups in total. The number of aryl methyl sites for hydroxylation is 2. The molecule has 0 spiro atoms. The van der Waals surface area contributed by atoms with Crippen molar-refractivity contribution in [3.05, 3.63) is 76.5 Å². The van der Waals surface area contributed by atoms with E-state index in [1.54, 1.807) is 22.6 Å². The third kappa shape index (κ3) is 2.62. The molecule has 0 aliphatic rings. The highest BCUT2D eigenvalue weighted by molar-refractivity contribution is 9.10. The first-order chi connectivity index (χ1) is 12.3. The standard InChI is InChI=1S/C18H12BrN3O3S/c1-9-5-13-15(6-10(9)2)21-17(23)16(26-18(21)20-13)8-11-3-4-12(19)14(7-11)22(24)25/h3-8H,1-2H3. The number of nitro benzene ring substituents is 1. The van der Waals surface area contributed by atoms with E-state index in [0.717, 1.165) is 22.2 Å². The average Bonchev–Trinajstić information content (AvgIpc) is 3.06. The zero-order valence-electron chi connectivity index (χ0n) is 13.8. The van der Waals surface area contributed by atoms with Gasteiger partial charge in [0.05, 0.1) is 25.0 Å². The Kier molecular flexibility index (Phi) is 3.89. The van der Waals surface area contributed by atoms with Gasteiger partial charge in [-0.15, -0.1) is 0 Å². The van der Waals surface area contributed by atoms with Crippen molar-refractivity contribution in [2.75, 3.05) is 0 Å². The molecular formula is C18H12BrN3O3S. The smallest absolute Gasteiger partial charge is 0.267 e. The van der Waals surface area contributed by atoms with Crippen LogP contribution in [-0.2, 0) is 0 Å². The molecule has 2 aromatic heterocycles. The summed E-state index contributed by atoms with van der Waals surface area (Å²) in [6.07, 6.45) is 1.66. The summed E-state index contributed by atoms with van der Waals surface area (Å²) in [7, 11) is 0. The SMILES string of the molecule is Cc1cc2nc3sc(=Cc4ccc(Br)c([N+](=O)[O-])c4)c(=O)n3c2cc1C. The van der Waals surface area contributed by atoms with E-state index in [0.29, 0.717) is 19.5 Å². The van der Waals surface area contributed by atoms with E-state index >= 15 is 0 Å². The van der Waals surface area contributed by atoms with Gasteiger partial charge in [-0.2, -0.15) is 0 Å². The number of benzene rings is 2. The highest BCUT2D eigenvalue weighted by Gasteiger charge is 2.14. The van der Waals surface area contributed by atoms with Crippen LogP contribution in [-0.4, -0.2) is 14.3 Å². The Morgan fingerprint density at radius 2 is 1.96 bits per heavy atom. The first kappa shape index (κ1) is 16.9. The van der Waals surface area contributed by atoms with E-state index in [1.165, 1.54) is 17.4 Å². The first-order valence-electron chi connectivity index (χ1n) is 7.73. The van der Waals surface area contributed by atoms with E-state index < -0.39 is 4.92 Å². The van der Waals surface area contributed by atoms with Gasteiger partial charge in [0, 0.05) is 6.07 Å². The third-order valence-electron chi connectivity index (χ3n) is 4.32. The van der Waals surface area contributed by atoms with Crippen LogP contribution in [0.3, 0.4) is 0 Å². The number of nitro groups is 1. The summed E-state index contributed by atoms with van der Waals surface area (Å²) in [6, 6.07) is 8.72. The maximum Gasteiger partial charge on any atom is 0.284 e. The highest BCUT2D eigenvalue weighted by atomic mass is 79.9. The van der Waals surface area contributed by atoms with Gasteiger partial charge in [-0.05, 0) is 70.7 Å². The van der Waals surface area contributed by atoms with Gasteiger partial charge in [0.2, 0.25) is 0 Å². The van der Waals surface area contributed by atoms with Crippen molar-refractivity contribution in [1.82, 2.24) is 9.38 Å². The molecule has 8 heteroatoms. The largest absolute Gasteiger partial charge is 0.284 e. The van der Waals surface area contributed by atoms with E-state index in [-0.39, 0.29) is 11.2 Å². The predicted octanol–water partition coefficient (Wildman–Crippen LogP) is 3.74. The lowest BCUT2D eigenvalue weighted by Gasteiger charge is -1.98. The van der Waals surface area contributed by atoms with Gasteiger partial charge in [0.25, 0.3) is 11.2 Å². The van der Waals surface area contributed by atoms with E-state index in [9.17, 15) is 14.9 Å². The zero-order valence-corrected chi connectivity index (χ0v) is 16.2. The Bertz CT molecular complexity index is 1320. The van der Waals surface area contributed by atoms with Crippen LogP contribution in [0, 0.1) is 24.0 Å². The molecule has 2 aromatic carbocycles. The van der Waals surface area contributed by atoms with Gasteiger partial charge in [-0.3, -0.25) is 14.9 Å². The Balaban J connectivity index is 1.96. The van der Waals surface area contributed by atoms with Crippen molar-refractivity contribution < 1.29 is 4.92 Å². The lowest BCUT2D eigenvalue weighted by Crippen LogP contribution is -2.22. The van der Waals surface area contributed by atoms with Gasteiger partial charge in [-0.1, -0.05) is 17.4 Å².